The first-order chi connectivity index (χ1) is 8.65. The van der Waals surface area contributed by atoms with Gasteiger partial charge < -0.3 is 19.7 Å². The Balaban J connectivity index is 2.27. The first-order valence-corrected chi connectivity index (χ1v) is 5.38. The molecule has 0 spiro atoms. The summed E-state index contributed by atoms with van der Waals surface area (Å²) in [5.74, 6) is 0.0850. The molecule has 0 aliphatic rings. The molecular weight excluding hydrogens is 232 g/mol. The maximum absolute atomic E-state index is 9.87. The molecular formula is C14H10O4. The highest BCUT2D eigenvalue weighted by Gasteiger charge is 2.13. The highest BCUT2D eigenvalue weighted by molar-refractivity contribution is 5.99. The molecule has 2 aromatic carbocycles. The number of benzene rings is 2. The third-order valence-electron chi connectivity index (χ3n) is 2.82. The number of phenolic OH excluding ortho intramolecular Hbond substituents is 3. The Hall–Kier alpha value is -2.62. The van der Waals surface area contributed by atoms with Crippen molar-refractivity contribution in [2.75, 3.05) is 0 Å². The average Bonchev–Trinajstić information content (AvgIpc) is 2.74. The number of aromatic hydroxyl groups is 3. The minimum atomic E-state index is -0.0494. The summed E-state index contributed by atoms with van der Waals surface area (Å²) in [5, 5.41) is 29.0. The van der Waals surface area contributed by atoms with Gasteiger partial charge in [-0.2, -0.15) is 0 Å². The van der Waals surface area contributed by atoms with Gasteiger partial charge in [0.25, 0.3) is 0 Å². The molecule has 4 heteroatoms. The maximum atomic E-state index is 9.87. The van der Waals surface area contributed by atoms with Crippen LogP contribution in [0.5, 0.6) is 17.2 Å². The molecule has 18 heavy (non-hydrogen) atoms. The Bertz CT molecular complexity index is 710. The first-order valence-electron chi connectivity index (χ1n) is 5.38. The van der Waals surface area contributed by atoms with Crippen molar-refractivity contribution in [2.24, 2.45) is 0 Å². The summed E-state index contributed by atoms with van der Waals surface area (Å²) in [4.78, 5) is 0. The summed E-state index contributed by atoms with van der Waals surface area (Å²) in [6, 6.07) is 9.29. The number of rotatable bonds is 1. The first kappa shape index (κ1) is 10.5. The van der Waals surface area contributed by atoms with E-state index < -0.39 is 0 Å². The van der Waals surface area contributed by atoms with E-state index in [1.165, 1.54) is 18.4 Å². The summed E-state index contributed by atoms with van der Waals surface area (Å²) in [6.45, 7) is 0. The average molecular weight is 242 g/mol. The van der Waals surface area contributed by atoms with Crippen LogP contribution in [0, 0.1) is 0 Å². The normalized spacial score (nSPS) is 10.9. The monoisotopic (exact) mass is 242 g/mol. The lowest BCUT2D eigenvalue weighted by Gasteiger charge is -2.01. The van der Waals surface area contributed by atoms with Crippen molar-refractivity contribution < 1.29 is 19.7 Å². The summed E-state index contributed by atoms with van der Waals surface area (Å²) < 4.78 is 5.31. The number of phenols is 3. The van der Waals surface area contributed by atoms with Crippen LogP contribution in [0.3, 0.4) is 0 Å². The van der Waals surface area contributed by atoms with Crippen molar-refractivity contribution in [3.8, 4) is 28.4 Å². The zero-order valence-electron chi connectivity index (χ0n) is 9.29. The largest absolute Gasteiger partial charge is 0.508 e. The fraction of sp³-hybridized carbons (Fsp3) is 0. The second-order valence-electron chi connectivity index (χ2n) is 4.03. The van der Waals surface area contributed by atoms with Crippen molar-refractivity contribution in [3.63, 3.8) is 0 Å². The Morgan fingerprint density at radius 3 is 2.28 bits per heavy atom. The predicted molar refractivity (Wildman–Crippen MR) is 66.6 cm³/mol. The smallest absolute Gasteiger partial charge is 0.141 e. The zero-order chi connectivity index (χ0) is 12.7. The molecule has 0 saturated heterocycles. The van der Waals surface area contributed by atoms with Crippen LogP contribution in [0.25, 0.3) is 22.1 Å². The van der Waals surface area contributed by atoms with Crippen LogP contribution >= 0.6 is 0 Å². The van der Waals surface area contributed by atoms with Gasteiger partial charge in [0.2, 0.25) is 0 Å². The Labute approximate surface area is 102 Å². The summed E-state index contributed by atoms with van der Waals surface area (Å²) >= 11 is 0. The molecule has 0 radical (unpaired) electrons. The van der Waals surface area contributed by atoms with Crippen LogP contribution in [0.2, 0.25) is 0 Å². The fourth-order valence-corrected chi connectivity index (χ4v) is 1.98. The Morgan fingerprint density at radius 1 is 0.833 bits per heavy atom. The number of fused-ring (bicyclic) bond motifs is 1. The lowest BCUT2D eigenvalue weighted by molar-refractivity contribution is 0.453. The second kappa shape index (κ2) is 3.70. The van der Waals surface area contributed by atoms with Gasteiger partial charge in [-0.15, -0.1) is 0 Å². The molecule has 3 N–H and O–H groups in total. The number of hydrogen-bond acceptors (Lipinski definition) is 4. The Morgan fingerprint density at radius 2 is 1.56 bits per heavy atom. The Kier molecular flexibility index (Phi) is 2.16. The van der Waals surface area contributed by atoms with Crippen LogP contribution in [-0.4, -0.2) is 15.3 Å². The van der Waals surface area contributed by atoms with Crippen molar-refractivity contribution in [2.45, 2.75) is 0 Å². The van der Waals surface area contributed by atoms with Crippen LogP contribution in [0.15, 0.2) is 47.1 Å². The van der Waals surface area contributed by atoms with E-state index in [0.29, 0.717) is 16.5 Å². The van der Waals surface area contributed by atoms with Gasteiger partial charge in [-0.1, -0.05) is 12.1 Å². The predicted octanol–water partition coefficient (Wildman–Crippen LogP) is 3.22. The van der Waals surface area contributed by atoms with E-state index in [9.17, 15) is 15.3 Å². The molecule has 0 atom stereocenters. The van der Waals surface area contributed by atoms with E-state index in [1.54, 1.807) is 24.3 Å². The zero-order valence-corrected chi connectivity index (χ0v) is 9.29. The molecule has 0 saturated carbocycles. The van der Waals surface area contributed by atoms with Gasteiger partial charge in [0.15, 0.2) is 0 Å². The summed E-state index contributed by atoms with van der Waals surface area (Å²) in [7, 11) is 0. The van der Waals surface area contributed by atoms with E-state index in [0.717, 1.165) is 5.56 Å². The van der Waals surface area contributed by atoms with Crippen molar-refractivity contribution in [1.29, 1.82) is 0 Å². The van der Waals surface area contributed by atoms with E-state index >= 15 is 0 Å². The van der Waals surface area contributed by atoms with Gasteiger partial charge in [0.1, 0.15) is 22.8 Å². The van der Waals surface area contributed by atoms with Gasteiger partial charge in [-0.3, -0.25) is 0 Å². The summed E-state index contributed by atoms with van der Waals surface area (Å²) in [6.07, 6.45) is 1.51. The van der Waals surface area contributed by atoms with Gasteiger partial charge >= 0.3 is 0 Å². The molecule has 0 aliphatic heterocycles. The number of hydrogen-bond donors (Lipinski definition) is 3. The van der Waals surface area contributed by atoms with Gasteiger partial charge in [-0.05, 0) is 17.7 Å². The lowest BCUT2D eigenvalue weighted by atomic mass is 10.0. The third kappa shape index (κ3) is 1.55. The van der Waals surface area contributed by atoms with Crippen LogP contribution in [0.1, 0.15) is 0 Å². The molecule has 3 aromatic rings. The van der Waals surface area contributed by atoms with Crippen LogP contribution in [-0.2, 0) is 0 Å². The van der Waals surface area contributed by atoms with E-state index in [2.05, 4.69) is 0 Å². The molecule has 0 fully saturated rings. The van der Waals surface area contributed by atoms with Crippen molar-refractivity contribution in [3.05, 3.63) is 42.7 Å². The van der Waals surface area contributed by atoms with E-state index in [4.69, 9.17) is 4.42 Å². The second-order valence-corrected chi connectivity index (χ2v) is 4.03. The minimum absolute atomic E-state index is 0.0400. The standard InChI is InChI=1S/C14H10O4/c15-9-3-1-8(2-4-9)11-7-18-13-6-10(16)5-12(17)14(11)13/h1-7,15-17H. The SMILES string of the molecule is Oc1ccc(-c2coc3cc(O)cc(O)c23)cc1. The molecule has 1 aromatic heterocycles. The van der Waals surface area contributed by atoms with Crippen molar-refractivity contribution >= 4 is 11.0 Å². The van der Waals surface area contributed by atoms with E-state index in [1.807, 2.05) is 0 Å². The molecule has 1 heterocycles. The van der Waals surface area contributed by atoms with Crippen molar-refractivity contribution in [1.82, 2.24) is 0 Å². The summed E-state index contributed by atoms with van der Waals surface area (Å²) in [5.41, 5.74) is 1.94. The lowest BCUT2D eigenvalue weighted by Crippen LogP contribution is -1.76. The molecule has 0 aliphatic carbocycles. The minimum Gasteiger partial charge on any atom is -0.508 e. The van der Waals surface area contributed by atoms with Gasteiger partial charge in [0, 0.05) is 17.7 Å². The fourth-order valence-electron chi connectivity index (χ4n) is 1.98. The molecule has 0 amide bonds. The number of furan rings is 1. The van der Waals surface area contributed by atoms with E-state index in [-0.39, 0.29) is 17.2 Å². The van der Waals surface area contributed by atoms with Crippen LogP contribution < -0.4 is 0 Å². The maximum Gasteiger partial charge on any atom is 0.141 e. The quantitative estimate of drug-likeness (QED) is 0.612. The molecule has 4 nitrogen and oxygen atoms in total. The molecule has 0 bridgehead atoms. The molecule has 3 rings (SSSR count). The molecule has 90 valence electrons. The van der Waals surface area contributed by atoms with Crippen LogP contribution in [0.4, 0.5) is 0 Å². The molecule has 0 unspecified atom stereocenters. The third-order valence-corrected chi connectivity index (χ3v) is 2.82. The topological polar surface area (TPSA) is 73.8 Å². The van der Waals surface area contributed by atoms with Gasteiger partial charge in [-0.25, -0.2) is 0 Å². The van der Waals surface area contributed by atoms with Gasteiger partial charge in [0.05, 0.1) is 11.6 Å². The highest BCUT2D eigenvalue weighted by Crippen LogP contribution is 2.39. The highest BCUT2D eigenvalue weighted by atomic mass is 16.3.